The SMILES string of the molecule is CSc1ccccc1C(=O)NCCN1C(=O)S/C(=C\c2ccc3c(c2)OCO3)C1=O. The van der Waals surface area contributed by atoms with Crippen LogP contribution in [0.2, 0.25) is 0 Å². The molecule has 9 heteroatoms. The van der Waals surface area contributed by atoms with Crippen LogP contribution in [-0.4, -0.2) is 48.1 Å². The van der Waals surface area contributed by atoms with Crippen molar-refractivity contribution in [3.63, 3.8) is 0 Å². The molecule has 1 N–H and O–H groups in total. The number of nitrogens with one attached hydrogen (secondary N) is 1. The minimum absolute atomic E-state index is 0.107. The second kappa shape index (κ2) is 8.85. The van der Waals surface area contributed by atoms with E-state index in [2.05, 4.69) is 5.32 Å². The van der Waals surface area contributed by atoms with Crippen molar-refractivity contribution in [2.45, 2.75) is 4.90 Å². The van der Waals surface area contributed by atoms with Gasteiger partial charge in [-0.3, -0.25) is 19.3 Å². The molecule has 30 heavy (non-hydrogen) atoms. The maximum absolute atomic E-state index is 12.6. The van der Waals surface area contributed by atoms with Crippen molar-refractivity contribution in [3.8, 4) is 11.5 Å². The third-order valence-corrected chi connectivity index (χ3v) is 6.24. The van der Waals surface area contributed by atoms with Crippen LogP contribution < -0.4 is 14.8 Å². The quantitative estimate of drug-likeness (QED) is 0.540. The van der Waals surface area contributed by atoms with E-state index in [-0.39, 0.29) is 36.9 Å². The van der Waals surface area contributed by atoms with Crippen LogP contribution in [0, 0.1) is 0 Å². The van der Waals surface area contributed by atoms with E-state index in [1.807, 2.05) is 18.4 Å². The highest BCUT2D eigenvalue weighted by molar-refractivity contribution is 8.18. The fourth-order valence-electron chi connectivity index (χ4n) is 3.06. The fraction of sp³-hybridized carbons (Fsp3) is 0.190. The van der Waals surface area contributed by atoms with Crippen LogP contribution in [0.5, 0.6) is 11.5 Å². The lowest BCUT2D eigenvalue weighted by molar-refractivity contribution is -0.122. The predicted molar refractivity (Wildman–Crippen MR) is 116 cm³/mol. The molecule has 0 spiro atoms. The Hall–Kier alpha value is -2.91. The highest BCUT2D eigenvalue weighted by atomic mass is 32.2. The molecular weight excluding hydrogens is 424 g/mol. The number of imide groups is 1. The van der Waals surface area contributed by atoms with Gasteiger partial charge in [-0.2, -0.15) is 0 Å². The topological polar surface area (TPSA) is 84.9 Å². The van der Waals surface area contributed by atoms with Gasteiger partial charge in [0.25, 0.3) is 17.1 Å². The van der Waals surface area contributed by atoms with Gasteiger partial charge in [0.2, 0.25) is 6.79 Å². The van der Waals surface area contributed by atoms with Gasteiger partial charge in [0, 0.05) is 18.0 Å². The van der Waals surface area contributed by atoms with Gasteiger partial charge < -0.3 is 14.8 Å². The first kappa shape index (κ1) is 20.4. The second-order valence-corrected chi connectivity index (χ2v) is 8.24. The molecule has 2 aliphatic heterocycles. The van der Waals surface area contributed by atoms with Crippen LogP contribution in [0.1, 0.15) is 15.9 Å². The van der Waals surface area contributed by atoms with E-state index in [9.17, 15) is 14.4 Å². The van der Waals surface area contributed by atoms with Crippen LogP contribution >= 0.6 is 23.5 Å². The summed E-state index contributed by atoms with van der Waals surface area (Å²) in [6.07, 6.45) is 3.55. The van der Waals surface area contributed by atoms with E-state index in [0.717, 1.165) is 27.1 Å². The van der Waals surface area contributed by atoms with Crippen molar-refractivity contribution >= 4 is 46.7 Å². The second-order valence-electron chi connectivity index (χ2n) is 6.40. The molecule has 2 aromatic carbocycles. The largest absolute Gasteiger partial charge is 0.454 e. The van der Waals surface area contributed by atoms with Crippen LogP contribution in [0.3, 0.4) is 0 Å². The Balaban J connectivity index is 1.38. The molecule has 7 nitrogen and oxygen atoms in total. The molecule has 0 atom stereocenters. The van der Waals surface area contributed by atoms with E-state index < -0.39 is 0 Å². The molecule has 154 valence electrons. The number of hydrogen-bond acceptors (Lipinski definition) is 7. The molecule has 1 fully saturated rings. The molecule has 0 unspecified atom stereocenters. The number of benzene rings is 2. The van der Waals surface area contributed by atoms with Crippen molar-refractivity contribution in [2.75, 3.05) is 26.1 Å². The molecule has 2 aromatic rings. The van der Waals surface area contributed by atoms with Gasteiger partial charge in [-0.15, -0.1) is 11.8 Å². The normalized spacial score (nSPS) is 16.4. The molecule has 0 aliphatic carbocycles. The number of rotatable bonds is 6. The third-order valence-electron chi connectivity index (χ3n) is 4.54. The molecule has 0 radical (unpaired) electrons. The number of nitrogens with zero attached hydrogens (tertiary/aromatic N) is 1. The molecule has 0 aromatic heterocycles. The smallest absolute Gasteiger partial charge is 0.293 e. The van der Waals surface area contributed by atoms with Crippen molar-refractivity contribution < 1.29 is 23.9 Å². The van der Waals surface area contributed by atoms with Gasteiger partial charge in [-0.25, -0.2) is 0 Å². The summed E-state index contributed by atoms with van der Waals surface area (Å²) < 4.78 is 10.6. The Morgan fingerprint density at radius 3 is 2.83 bits per heavy atom. The highest BCUT2D eigenvalue weighted by Gasteiger charge is 2.34. The lowest BCUT2D eigenvalue weighted by Gasteiger charge is -2.13. The first-order valence-corrected chi connectivity index (χ1v) is 11.2. The fourth-order valence-corrected chi connectivity index (χ4v) is 4.52. The van der Waals surface area contributed by atoms with Crippen molar-refractivity contribution in [2.24, 2.45) is 0 Å². The molecule has 0 saturated carbocycles. The van der Waals surface area contributed by atoms with Gasteiger partial charge in [-0.05, 0) is 53.9 Å². The number of hydrogen-bond donors (Lipinski definition) is 1. The maximum atomic E-state index is 12.6. The number of thioether (sulfide) groups is 2. The summed E-state index contributed by atoms with van der Waals surface area (Å²) in [6, 6.07) is 12.6. The van der Waals surface area contributed by atoms with Gasteiger partial charge in [0.1, 0.15) is 0 Å². The lowest BCUT2D eigenvalue weighted by Crippen LogP contribution is -2.37. The maximum Gasteiger partial charge on any atom is 0.293 e. The van der Waals surface area contributed by atoms with Crippen LogP contribution in [0.25, 0.3) is 6.08 Å². The zero-order chi connectivity index (χ0) is 21.1. The van der Waals surface area contributed by atoms with E-state index in [0.29, 0.717) is 22.0 Å². The average Bonchev–Trinajstić information content (AvgIpc) is 3.32. The number of ether oxygens (including phenoxy) is 2. The van der Waals surface area contributed by atoms with Crippen LogP contribution in [0.15, 0.2) is 52.3 Å². The summed E-state index contributed by atoms with van der Waals surface area (Å²) in [5, 5.41) is 2.42. The summed E-state index contributed by atoms with van der Waals surface area (Å²) in [4.78, 5) is 39.7. The van der Waals surface area contributed by atoms with Crippen molar-refractivity contribution in [1.82, 2.24) is 10.2 Å². The zero-order valence-electron chi connectivity index (χ0n) is 16.0. The highest BCUT2D eigenvalue weighted by Crippen LogP contribution is 2.36. The first-order valence-electron chi connectivity index (χ1n) is 9.13. The monoisotopic (exact) mass is 442 g/mol. The summed E-state index contributed by atoms with van der Waals surface area (Å²) in [5.41, 5.74) is 1.31. The van der Waals surface area contributed by atoms with E-state index in [4.69, 9.17) is 9.47 Å². The van der Waals surface area contributed by atoms with E-state index >= 15 is 0 Å². The minimum atomic E-state index is -0.374. The summed E-state index contributed by atoms with van der Waals surface area (Å²) in [5.74, 6) is 0.652. The van der Waals surface area contributed by atoms with Crippen molar-refractivity contribution in [1.29, 1.82) is 0 Å². The number of fused-ring (bicyclic) bond motifs is 1. The first-order chi connectivity index (χ1) is 14.6. The minimum Gasteiger partial charge on any atom is -0.454 e. The van der Waals surface area contributed by atoms with Gasteiger partial charge in [0.15, 0.2) is 11.5 Å². The standard InChI is InChI=1S/C21H18N2O5S2/c1-29-17-5-3-2-4-14(17)19(24)22-8-9-23-20(25)18(30-21(23)26)11-13-6-7-15-16(10-13)28-12-27-15/h2-7,10-11H,8-9,12H2,1H3,(H,22,24)/b18-11-. The van der Waals surface area contributed by atoms with Gasteiger partial charge >= 0.3 is 0 Å². The number of carbonyl (C=O) groups is 3. The Kier molecular flexibility index (Phi) is 6.01. The summed E-state index contributed by atoms with van der Waals surface area (Å²) in [7, 11) is 0. The van der Waals surface area contributed by atoms with Gasteiger partial charge in [0.05, 0.1) is 10.5 Å². The van der Waals surface area contributed by atoms with E-state index in [1.165, 1.54) is 11.8 Å². The zero-order valence-corrected chi connectivity index (χ0v) is 17.7. The Morgan fingerprint density at radius 1 is 1.20 bits per heavy atom. The predicted octanol–water partition coefficient (Wildman–Crippen LogP) is 3.60. The van der Waals surface area contributed by atoms with Crippen molar-refractivity contribution in [3.05, 3.63) is 58.5 Å². The molecule has 1 saturated heterocycles. The Morgan fingerprint density at radius 2 is 2.00 bits per heavy atom. The molecule has 0 bridgehead atoms. The van der Waals surface area contributed by atoms with Crippen LogP contribution in [0.4, 0.5) is 4.79 Å². The van der Waals surface area contributed by atoms with Gasteiger partial charge in [-0.1, -0.05) is 18.2 Å². The number of carbonyl (C=O) groups excluding carboxylic acids is 3. The number of amides is 3. The summed E-state index contributed by atoms with van der Waals surface area (Å²) >= 11 is 2.37. The Labute approximate surface area is 181 Å². The average molecular weight is 443 g/mol. The molecule has 2 heterocycles. The van der Waals surface area contributed by atoms with Crippen LogP contribution in [-0.2, 0) is 4.79 Å². The molecule has 4 rings (SSSR count). The molecule has 3 amide bonds. The Bertz CT molecular complexity index is 1050. The molecular formula is C21H18N2O5S2. The van der Waals surface area contributed by atoms with E-state index in [1.54, 1.807) is 36.4 Å². The summed E-state index contributed by atoms with van der Waals surface area (Å²) in [6.45, 7) is 0.454. The third kappa shape index (κ3) is 4.17. The molecule has 2 aliphatic rings. The lowest BCUT2D eigenvalue weighted by atomic mass is 10.2.